The van der Waals surface area contributed by atoms with E-state index in [2.05, 4.69) is 34.9 Å². The van der Waals surface area contributed by atoms with Crippen LogP contribution in [-0.4, -0.2) is 38.0 Å². The second-order valence-corrected chi connectivity index (χ2v) is 7.48. The van der Waals surface area contributed by atoms with Crippen molar-refractivity contribution in [3.05, 3.63) is 54.1 Å². The molecule has 6 nitrogen and oxygen atoms in total. The minimum atomic E-state index is 0.00893. The van der Waals surface area contributed by atoms with E-state index < -0.39 is 0 Å². The minimum absolute atomic E-state index is 0.00893. The normalized spacial score (nSPS) is 18.9. The Morgan fingerprint density at radius 1 is 1.00 bits per heavy atom. The Bertz CT molecular complexity index is 1020. The van der Waals surface area contributed by atoms with Gasteiger partial charge in [-0.25, -0.2) is 4.98 Å². The highest BCUT2D eigenvalue weighted by atomic mass is 16.5. The molecule has 0 spiro atoms. The van der Waals surface area contributed by atoms with E-state index in [1.54, 1.807) is 7.11 Å². The third-order valence-corrected chi connectivity index (χ3v) is 5.63. The van der Waals surface area contributed by atoms with Crippen LogP contribution in [0.4, 0.5) is 11.5 Å². The van der Waals surface area contributed by atoms with Crippen molar-refractivity contribution in [3.63, 3.8) is 0 Å². The van der Waals surface area contributed by atoms with Crippen molar-refractivity contribution in [2.75, 3.05) is 37.6 Å². The quantitative estimate of drug-likeness (QED) is 0.673. The molecule has 2 N–H and O–H groups in total. The van der Waals surface area contributed by atoms with Crippen molar-refractivity contribution in [1.29, 1.82) is 0 Å². The number of hydrogen-bond donors (Lipinski definition) is 2. The van der Waals surface area contributed by atoms with Crippen LogP contribution in [-0.2, 0) is 4.74 Å². The van der Waals surface area contributed by atoms with Gasteiger partial charge < -0.3 is 24.8 Å². The monoisotopic (exact) mass is 391 g/mol. The molecule has 0 amide bonds. The Balaban J connectivity index is 1.39. The molecule has 0 saturated carbocycles. The zero-order chi connectivity index (χ0) is 19.6. The van der Waals surface area contributed by atoms with Crippen molar-refractivity contribution >= 4 is 22.4 Å². The number of anilines is 2. The second-order valence-electron chi connectivity index (χ2n) is 7.48. The van der Waals surface area contributed by atoms with E-state index in [-0.39, 0.29) is 6.04 Å². The Labute approximate surface area is 170 Å². The number of rotatable bonds is 5. The minimum Gasteiger partial charge on any atom is -0.496 e. The Hall–Kier alpha value is -2.99. The number of pyridine rings is 1. The van der Waals surface area contributed by atoms with Gasteiger partial charge in [0.05, 0.1) is 24.2 Å². The van der Waals surface area contributed by atoms with Crippen LogP contribution >= 0.6 is 0 Å². The lowest BCUT2D eigenvalue weighted by Gasteiger charge is -2.24. The first-order valence-corrected chi connectivity index (χ1v) is 10.1. The molecule has 2 aliphatic rings. The topological polar surface area (TPSA) is 64.6 Å². The standard InChI is InChI=1S/C23H25N3O3/c1-27-20-6-3-7-21-23(20)19(14-29-21)26-22-9-8-16-17(4-2-5-18(16)25-22)24-15-10-12-28-13-11-15/h2-9,15,19,24H,10-14H2,1H3,(H,25,26). The molecule has 5 rings (SSSR count). The van der Waals surface area contributed by atoms with Crippen LogP contribution in [0, 0.1) is 0 Å². The van der Waals surface area contributed by atoms with Gasteiger partial charge in [0, 0.05) is 30.3 Å². The smallest absolute Gasteiger partial charge is 0.128 e. The van der Waals surface area contributed by atoms with E-state index >= 15 is 0 Å². The maximum atomic E-state index is 5.83. The molecular formula is C23H25N3O3. The predicted octanol–water partition coefficient (Wildman–Crippen LogP) is 4.38. The van der Waals surface area contributed by atoms with Gasteiger partial charge in [0.25, 0.3) is 0 Å². The summed E-state index contributed by atoms with van der Waals surface area (Å²) < 4.78 is 16.8. The lowest BCUT2D eigenvalue weighted by molar-refractivity contribution is 0.0905. The molecule has 2 aromatic carbocycles. The fourth-order valence-electron chi connectivity index (χ4n) is 4.14. The van der Waals surface area contributed by atoms with Gasteiger partial charge in [-0.05, 0) is 49.2 Å². The zero-order valence-corrected chi connectivity index (χ0v) is 16.5. The average Bonchev–Trinajstić information content (AvgIpc) is 3.17. The van der Waals surface area contributed by atoms with Crippen molar-refractivity contribution < 1.29 is 14.2 Å². The summed E-state index contributed by atoms with van der Waals surface area (Å²) in [6, 6.07) is 16.7. The van der Waals surface area contributed by atoms with E-state index in [0.717, 1.165) is 65.5 Å². The highest BCUT2D eigenvalue weighted by Crippen LogP contribution is 2.40. The van der Waals surface area contributed by atoms with Crippen LogP contribution < -0.4 is 20.1 Å². The largest absolute Gasteiger partial charge is 0.496 e. The number of methoxy groups -OCH3 is 1. The molecule has 1 atom stereocenters. The first kappa shape index (κ1) is 18.1. The highest BCUT2D eigenvalue weighted by molar-refractivity contribution is 5.92. The summed E-state index contributed by atoms with van der Waals surface area (Å²) in [7, 11) is 1.69. The summed E-state index contributed by atoms with van der Waals surface area (Å²) in [5.74, 6) is 2.53. The highest BCUT2D eigenvalue weighted by Gasteiger charge is 2.28. The van der Waals surface area contributed by atoms with E-state index in [4.69, 9.17) is 19.2 Å². The molecule has 6 heteroatoms. The first-order chi connectivity index (χ1) is 14.3. The van der Waals surface area contributed by atoms with Crippen LogP contribution in [0.25, 0.3) is 10.9 Å². The summed E-state index contributed by atoms with van der Waals surface area (Å²) in [5.41, 5.74) is 3.14. The van der Waals surface area contributed by atoms with Crippen LogP contribution in [0.3, 0.4) is 0 Å². The van der Waals surface area contributed by atoms with Gasteiger partial charge >= 0.3 is 0 Å². The first-order valence-electron chi connectivity index (χ1n) is 10.1. The van der Waals surface area contributed by atoms with Crippen LogP contribution in [0.15, 0.2) is 48.5 Å². The summed E-state index contributed by atoms with van der Waals surface area (Å²) in [4.78, 5) is 4.85. The number of nitrogens with one attached hydrogen (secondary N) is 2. The Morgan fingerprint density at radius 2 is 1.86 bits per heavy atom. The Kier molecular flexibility index (Phi) is 4.86. The van der Waals surface area contributed by atoms with E-state index in [0.29, 0.717) is 12.6 Å². The number of aromatic nitrogens is 1. The van der Waals surface area contributed by atoms with Crippen LogP contribution in [0.5, 0.6) is 11.5 Å². The summed E-state index contributed by atoms with van der Waals surface area (Å²) >= 11 is 0. The SMILES string of the molecule is COc1cccc2c1C(Nc1ccc3c(NC4CCOCC4)cccc3n1)CO2. The molecule has 1 unspecified atom stereocenters. The summed E-state index contributed by atoms with van der Waals surface area (Å²) in [6.07, 6.45) is 2.07. The predicted molar refractivity (Wildman–Crippen MR) is 114 cm³/mol. The molecule has 150 valence electrons. The van der Waals surface area contributed by atoms with Crippen molar-refractivity contribution in [2.24, 2.45) is 0 Å². The average molecular weight is 391 g/mol. The van der Waals surface area contributed by atoms with Gasteiger partial charge in [-0.2, -0.15) is 0 Å². The fraction of sp³-hybridized carbons (Fsp3) is 0.348. The maximum Gasteiger partial charge on any atom is 0.128 e. The van der Waals surface area contributed by atoms with E-state index in [1.165, 1.54) is 0 Å². The number of benzene rings is 2. The van der Waals surface area contributed by atoms with Gasteiger partial charge in [-0.3, -0.25) is 0 Å². The summed E-state index contributed by atoms with van der Waals surface area (Å²) in [5, 5.41) is 8.31. The van der Waals surface area contributed by atoms with Gasteiger partial charge in [0.1, 0.15) is 23.9 Å². The van der Waals surface area contributed by atoms with E-state index in [1.807, 2.05) is 24.3 Å². The lowest BCUT2D eigenvalue weighted by atomic mass is 10.1. The number of nitrogens with zero attached hydrogens (tertiary/aromatic N) is 1. The fourth-order valence-corrected chi connectivity index (χ4v) is 4.14. The number of fused-ring (bicyclic) bond motifs is 2. The molecule has 2 aliphatic heterocycles. The second kappa shape index (κ2) is 7.79. The Morgan fingerprint density at radius 3 is 2.72 bits per heavy atom. The molecule has 3 heterocycles. The molecule has 1 fully saturated rings. The maximum absolute atomic E-state index is 5.83. The van der Waals surface area contributed by atoms with Crippen molar-refractivity contribution in [3.8, 4) is 11.5 Å². The molecule has 0 radical (unpaired) electrons. The van der Waals surface area contributed by atoms with Crippen LogP contribution in [0.2, 0.25) is 0 Å². The van der Waals surface area contributed by atoms with Crippen LogP contribution in [0.1, 0.15) is 24.4 Å². The van der Waals surface area contributed by atoms with Crippen molar-refractivity contribution in [2.45, 2.75) is 24.9 Å². The molecule has 3 aromatic rings. The van der Waals surface area contributed by atoms with E-state index in [9.17, 15) is 0 Å². The third kappa shape index (κ3) is 3.56. The molecule has 0 aliphatic carbocycles. The van der Waals surface area contributed by atoms with Gasteiger partial charge in [0.15, 0.2) is 0 Å². The number of hydrogen-bond acceptors (Lipinski definition) is 6. The molecule has 29 heavy (non-hydrogen) atoms. The molecular weight excluding hydrogens is 366 g/mol. The lowest BCUT2D eigenvalue weighted by Crippen LogP contribution is -2.27. The molecule has 0 bridgehead atoms. The molecule has 1 saturated heterocycles. The molecule has 1 aromatic heterocycles. The number of ether oxygens (including phenoxy) is 3. The summed E-state index contributed by atoms with van der Waals surface area (Å²) in [6.45, 7) is 2.20. The van der Waals surface area contributed by atoms with Gasteiger partial charge in [-0.15, -0.1) is 0 Å². The zero-order valence-electron chi connectivity index (χ0n) is 16.5. The van der Waals surface area contributed by atoms with Gasteiger partial charge in [-0.1, -0.05) is 12.1 Å². The van der Waals surface area contributed by atoms with Crippen molar-refractivity contribution in [1.82, 2.24) is 4.98 Å². The van der Waals surface area contributed by atoms with Gasteiger partial charge in [0.2, 0.25) is 0 Å². The third-order valence-electron chi connectivity index (χ3n) is 5.63.